The number of hydrogen-bond acceptors (Lipinski definition) is 2. The SMILES string of the molecule is C[C@H]1C[C@@H]2C[C@@H]3C[C@H](C1)C21c2cc(N(c4ccc(-c5ccccc5-c5cccc6sc7ccccc7c56)cc4)c4ccccc4-c4ccccc4)ccc2C(C)(C)c2ccccc2C31. The molecule has 0 aliphatic heterocycles. The Morgan fingerprint density at radius 3 is 1.92 bits per heavy atom. The summed E-state index contributed by atoms with van der Waals surface area (Å²) >= 11 is 1.89. The Morgan fingerprint density at radius 2 is 1.11 bits per heavy atom. The first-order valence-corrected chi connectivity index (χ1v) is 24.5. The van der Waals surface area contributed by atoms with Gasteiger partial charge in [-0.15, -0.1) is 11.3 Å². The first-order chi connectivity index (χ1) is 31.4. The van der Waals surface area contributed by atoms with E-state index in [-0.39, 0.29) is 10.8 Å². The number of anilines is 3. The van der Waals surface area contributed by atoms with Crippen molar-refractivity contribution in [3.63, 3.8) is 0 Å². The third-order valence-electron chi connectivity index (χ3n) is 16.5. The van der Waals surface area contributed by atoms with Crippen molar-refractivity contribution in [3.05, 3.63) is 210 Å². The van der Waals surface area contributed by atoms with E-state index in [0.29, 0.717) is 17.8 Å². The van der Waals surface area contributed by atoms with Gasteiger partial charge in [0.25, 0.3) is 0 Å². The van der Waals surface area contributed by atoms with E-state index < -0.39 is 0 Å². The molecule has 8 aromatic carbocycles. The molecule has 64 heavy (non-hydrogen) atoms. The van der Waals surface area contributed by atoms with Crippen LogP contribution in [-0.4, -0.2) is 0 Å². The number of rotatable bonds is 6. The number of nitrogens with zero attached hydrogens (tertiary/aromatic N) is 1. The van der Waals surface area contributed by atoms with Gasteiger partial charge in [-0.1, -0.05) is 166 Å². The van der Waals surface area contributed by atoms with Crippen molar-refractivity contribution < 1.29 is 0 Å². The Labute approximate surface area is 382 Å². The van der Waals surface area contributed by atoms with Crippen molar-refractivity contribution >= 4 is 48.6 Å². The fourth-order valence-electron chi connectivity index (χ4n) is 14.3. The predicted molar refractivity (Wildman–Crippen MR) is 271 cm³/mol. The Hall–Kier alpha value is -6.22. The molecule has 3 saturated carbocycles. The van der Waals surface area contributed by atoms with Crippen LogP contribution in [-0.2, 0) is 10.8 Å². The second-order valence-corrected chi connectivity index (χ2v) is 21.2. The smallest absolute Gasteiger partial charge is 0.0540 e. The highest BCUT2D eigenvalue weighted by atomic mass is 32.1. The van der Waals surface area contributed by atoms with Gasteiger partial charge in [0.2, 0.25) is 0 Å². The summed E-state index contributed by atoms with van der Waals surface area (Å²) in [4.78, 5) is 2.58. The molecule has 1 nitrogen and oxygen atoms in total. The summed E-state index contributed by atoms with van der Waals surface area (Å²) in [5.74, 6) is 3.54. The van der Waals surface area contributed by atoms with Crippen LogP contribution in [0.1, 0.15) is 74.6 Å². The van der Waals surface area contributed by atoms with Crippen molar-refractivity contribution in [3.8, 4) is 33.4 Å². The molecule has 2 bridgehead atoms. The van der Waals surface area contributed by atoms with Gasteiger partial charge < -0.3 is 4.90 Å². The summed E-state index contributed by atoms with van der Waals surface area (Å²) in [5, 5.41) is 2.68. The average molecular weight is 844 g/mol. The molecule has 4 aliphatic carbocycles. The summed E-state index contributed by atoms with van der Waals surface area (Å²) in [7, 11) is 0. The lowest BCUT2D eigenvalue weighted by atomic mass is 9.53. The van der Waals surface area contributed by atoms with Crippen molar-refractivity contribution in [2.45, 2.75) is 63.2 Å². The van der Waals surface area contributed by atoms with Crippen LogP contribution in [0.25, 0.3) is 53.6 Å². The molecule has 1 heterocycles. The fraction of sp³-hybridized carbons (Fsp3) is 0.226. The zero-order valence-corrected chi connectivity index (χ0v) is 37.8. The first-order valence-electron chi connectivity index (χ1n) is 23.7. The van der Waals surface area contributed by atoms with Crippen LogP contribution in [0.15, 0.2) is 188 Å². The maximum atomic E-state index is 2.70. The minimum Gasteiger partial charge on any atom is -0.310 e. The molecule has 6 atom stereocenters. The summed E-state index contributed by atoms with van der Waals surface area (Å²) in [6.07, 6.45) is 5.42. The fourth-order valence-corrected chi connectivity index (χ4v) is 15.4. The van der Waals surface area contributed by atoms with Gasteiger partial charge in [0, 0.05) is 47.9 Å². The van der Waals surface area contributed by atoms with Crippen molar-refractivity contribution in [1.82, 2.24) is 0 Å². The molecule has 1 spiro atoms. The second kappa shape index (κ2) is 14.4. The molecule has 13 rings (SSSR count). The zero-order chi connectivity index (χ0) is 42.7. The Morgan fingerprint density at radius 1 is 0.484 bits per heavy atom. The third kappa shape index (κ3) is 5.48. The minimum absolute atomic E-state index is 0.106. The molecule has 0 amide bonds. The quantitative estimate of drug-likeness (QED) is 0.161. The summed E-state index contributed by atoms with van der Waals surface area (Å²) in [5.41, 5.74) is 17.5. The maximum Gasteiger partial charge on any atom is 0.0540 e. The molecule has 0 N–H and O–H groups in total. The largest absolute Gasteiger partial charge is 0.310 e. The highest BCUT2D eigenvalue weighted by Gasteiger charge is 2.68. The number of hydrogen-bond donors (Lipinski definition) is 0. The van der Waals surface area contributed by atoms with Crippen LogP contribution < -0.4 is 4.90 Å². The van der Waals surface area contributed by atoms with Gasteiger partial charge in [-0.05, 0) is 148 Å². The monoisotopic (exact) mass is 843 g/mol. The van der Waals surface area contributed by atoms with E-state index in [1.165, 1.54) is 102 Å². The van der Waals surface area contributed by atoms with Crippen LogP contribution in [0, 0.1) is 23.7 Å². The van der Waals surface area contributed by atoms with Gasteiger partial charge in [0.15, 0.2) is 0 Å². The molecule has 9 aromatic rings. The van der Waals surface area contributed by atoms with Crippen molar-refractivity contribution in [2.75, 3.05) is 4.90 Å². The number of benzene rings is 8. The van der Waals surface area contributed by atoms with Gasteiger partial charge in [0.05, 0.1) is 5.69 Å². The number of fused-ring (bicyclic) bond motifs is 5. The Kier molecular flexibility index (Phi) is 8.61. The molecule has 1 aromatic heterocycles. The first kappa shape index (κ1) is 38.3. The van der Waals surface area contributed by atoms with Crippen molar-refractivity contribution in [2.24, 2.45) is 23.7 Å². The van der Waals surface area contributed by atoms with Gasteiger partial charge in [0.1, 0.15) is 0 Å². The Balaban J connectivity index is 1.00. The van der Waals surface area contributed by atoms with Crippen LogP contribution in [0.2, 0.25) is 0 Å². The topological polar surface area (TPSA) is 3.24 Å². The van der Waals surface area contributed by atoms with E-state index in [0.717, 1.165) is 11.8 Å². The maximum absolute atomic E-state index is 2.70. The second-order valence-electron chi connectivity index (χ2n) is 20.1. The van der Waals surface area contributed by atoms with E-state index in [1.54, 1.807) is 16.7 Å². The van der Waals surface area contributed by atoms with E-state index >= 15 is 0 Å². The van der Waals surface area contributed by atoms with E-state index in [4.69, 9.17) is 0 Å². The average Bonchev–Trinajstić information content (AvgIpc) is 3.97. The van der Waals surface area contributed by atoms with Crippen molar-refractivity contribution in [1.29, 1.82) is 0 Å². The van der Waals surface area contributed by atoms with E-state index in [1.807, 2.05) is 11.3 Å². The predicted octanol–water partition coefficient (Wildman–Crippen LogP) is 17.3. The molecular weight excluding hydrogens is 791 g/mol. The van der Waals surface area contributed by atoms with Crippen LogP contribution in [0.5, 0.6) is 0 Å². The molecule has 3 fully saturated rings. The summed E-state index contributed by atoms with van der Waals surface area (Å²) in [6, 6.07) is 71.5. The molecule has 2 unspecified atom stereocenters. The standard InChI is InChI=1S/C62H53NS/c1-39-34-43-36-42-37-44(35-39)62(43)55-38-46(32-33-54(55)61(2,3)53-24-12-9-21-51(53)60(42)62)63(56-25-13-10-19-48(56)40-16-5-4-6-17-40)45-30-28-41(29-31-45)47-18-7-8-20-49(47)50-23-15-27-58-59(50)52-22-11-14-26-57(52)64-58/h4-33,38-39,42-44,60H,34-37H2,1-3H3/t39-,42+,43+,44-,60?,62?. The number of para-hydroxylation sites is 1. The minimum atomic E-state index is -0.106. The van der Waals surface area contributed by atoms with Crippen LogP contribution in [0.4, 0.5) is 17.1 Å². The third-order valence-corrected chi connectivity index (χ3v) is 17.7. The van der Waals surface area contributed by atoms with E-state index in [9.17, 15) is 0 Å². The highest BCUT2D eigenvalue weighted by molar-refractivity contribution is 7.25. The lowest BCUT2D eigenvalue weighted by Gasteiger charge is -2.51. The van der Waals surface area contributed by atoms with Crippen LogP contribution >= 0.6 is 11.3 Å². The lowest BCUT2D eigenvalue weighted by molar-refractivity contribution is 0.0822. The molecular formula is C62H53NS. The highest BCUT2D eigenvalue weighted by Crippen LogP contribution is 2.75. The van der Waals surface area contributed by atoms with Gasteiger partial charge in [-0.3, -0.25) is 0 Å². The molecule has 4 aliphatic rings. The molecule has 0 radical (unpaired) electrons. The van der Waals surface area contributed by atoms with E-state index in [2.05, 4.69) is 214 Å². The molecule has 312 valence electrons. The molecule has 0 saturated heterocycles. The normalized spacial score (nSPS) is 23.6. The van der Waals surface area contributed by atoms with Gasteiger partial charge in [-0.2, -0.15) is 0 Å². The van der Waals surface area contributed by atoms with Crippen LogP contribution in [0.3, 0.4) is 0 Å². The Bertz CT molecular complexity index is 3250. The number of thiophene rings is 1. The molecule has 2 heteroatoms. The van der Waals surface area contributed by atoms with Gasteiger partial charge >= 0.3 is 0 Å². The summed E-state index contributed by atoms with van der Waals surface area (Å²) in [6.45, 7) is 7.55. The zero-order valence-electron chi connectivity index (χ0n) is 37.0. The van der Waals surface area contributed by atoms with Gasteiger partial charge in [-0.25, -0.2) is 0 Å². The summed E-state index contributed by atoms with van der Waals surface area (Å²) < 4.78 is 2.67. The lowest BCUT2D eigenvalue weighted by Crippen LogP contribution is -2.46.